The number of ether oxygens (including phenoxy) is 2. The molecule has 23 heteroatoms. The molecule has 7 rings (SSSR count). The van der Waals surface area contributed by atoms with Crippen molar-refractivity contribution in [3.8, 4) is 11.5 Å². The van der Waals surface area contributed by atoms with Crippen LogP contribution in [0.3, 0.4) is 0 Å². The molecule has 0 saturated carbocycles. The minimum Gasteiger partial charge on any atom is -0.494 e. The fraction of sp³-hybridized carbons (Fsp3) is 0.295. The first-order valence-electron chi connectivity index (χ1n) is 20.9. The summed E-state index contributed by atoms with van der Waals surface area (Å²) in [4.78, 5) is 100. The molecule has 0 spiro atoms. The molecule has 2 aromatic carbocycles. The van der Waals surface area contributed by atoms with Crippen molar-refractivity contribution in [1.82, 2.24) is 43.8 Å². The number of hydrogen-bond acceptors (Lipinski definition) is 14. The summed E-state index contributed by atoms with van der Waals surface area (Å²) < 4.78 is 22.0. The Balaban J connectivity index is 1.18. The number of hydrogen-bond donors (Lipinski definition) is 4. The van der Waals surface area contributed by atoms with Gasteiger partial charge in [0.05, 0.1) is 36.1 Å². The van der Waals surface area contributed by atoms with E-state index >= 15 is 0 Å². The molecular formula is C44H47N13O10. The molecule has 0 fully saturated rings. The number of nitrogens with one attached hydrogen (secondary N) is 2. The molecule has 348 valence electrons. The maximum atomic E-state index is 13.7. The number of aryl methyl sites for hydroxylation is 3. The van der Waals surface area contributed by atoms with Crippen molar-refractivity contribution in [2.24, 2.45) is 11.5 Å². The van der Waals surface area contributed by atoms with E-state index in [9.17, 15) is 33.6 Å². The zero-order valence-electron chi connectivity index (χ0n) is 37.2. The van der Waals surface area contributed by atoms with Gasteiger partial charge in [-0.2, -0.15) is 5.10 Å². The van der Waals surface area contributed by atoms with Crippen molar-refractivity contribution in [1.29, 1.82) is 0 Å². The number of imidazole rings is 2. The van der Waals surface area contributed by atoms with E-state index in [1.807, 2.05) is 6.92 Å². The van der Waals surface area contributed by atoms with Crippen LogP contribution in [0.2, 0.25) is 0 Å². The van der Waals surface area contributed by atoms with E-state index in [4.69, 9.17) is 25.5 Å². The summed E-state index contributed by atoms with van der Waals surface area (Å²) in [6.07, 6.45) is 6.12. The topological polar surface area (TPSA) is 300 Å². The summed E-state index contributed by atoms with van der Waals surface area (Å²) in [7, 11) is 3.02. The molecule has 4 aromatic heterocycles. The van der Waals surface area contributed by atoms with Crippen molar-refractivity contribution in [3.05, 3.63) is 94.7 Å². The Morgan fingerprint density at radius 2 is 1.39 bits per heavy atom. The van der Waals surface area contributed by atoms with Crippen molar-refractivity contribution < 1.29 is 47.6 Å². The summed E-state index contributed by atoms with van der Waals surface area (Å²) in [5, 5.41) is 13.8. The number of allylic oxidation sites excluding steroid dienone is 2. The van der Waals surface area contributed by atoms with Gasteiger partial charge in [0.25, 0.3) is 23.6 Å². The van der Waals surface area contributed by atoms with Gasteiger partial charge in [0.1, 0.15) is 28.2 Å². The van der Waals surface area contributed by atoms with Gasteiger partial charge < -0.3 is 39.5 Å². The highest BCUT2D eigenvalue weighted by atomic mass is 16.5. The lowest BCUT2D eigenvalue weighted by molar-refractivity contribution is -0.138. The number of primary amides is 2. The van der Waals surface area contributed by atoms with Crippen LogP contribution in [0.25, 0.3) is 22.1 Å². The average molecular weight is 918 g/mol. The molecule has 5 heterocycles. The Bertz CT molecular complexity index is 3010. The van der Waals surface area contributed by atoms with Crippen LogP contribution in [-0.4, -0.2) is 119 Å². The van der Waals surface area contributed by atoms with Gasteiger partial charge in [-0.25, -0.2) is 9.97 Å². The number of rotatable bonds is 20. The predicted molar refractivity (Wildman–Crippen MR) is 240 cm³/mol. The second-order valence-electron chi connectivity index (χ2n) is 15.3. The van der Waals surface area contributed by atoms with Crippen LogP contribution in [0.15, 0.2) is 65.2 Å². The Morgan fingerprint density at radius 3 is 1.94 bits per heavy atom. The minimum absolute atomic E-state index is 0.0465. The molecular weight excluding hydrogens is 871 g/mol. The van der Waals surface area contributed by atoms with Gasteiger partial charge in [-0.3, -0.25) is 53.8 Å². The summed E-state index contributed by atoms with van der Waals surface area (Å²) in [5.74, 6) is -3.28. The van der Waals surface area contributed by atoms with Gasteiger partial charge in [-0.15, -0.1) is 0 Å². The highest BCUT2D eigenvalue weighted by molar-refractivity contribution is 6.13. The van der Waals surface area contributed by atoms with Gasteiger partial charge in [0, 0.05) is 75.5 Å². The molecule has 7 amide bonds. The van der Waals surface area contributed by atoms with E-state index in [-0.39, 0.29) is 90.9 Å². The normalized spacial score (nSPS) is 12.5. The SMILES string of the molecule is CCn1nc(C)cc1C(=O)Nc1nc2cc(C(N)=O)cc(OC)c2n1C/C=C/Cn1c(NC(=O)c2cc(C)no2)nc2cc(C(N)=O)cc(OCCCN(C)C(=O)CCN3C(=O)C=CC3=O)c21. The minimum atomic E-state index is -0.762. The Hall–Kier alpha value is -8.63. The number of methoxy groups -OCH3 is 1. The molecule has 0 aliphatic carbocycles. The zero-order valence-corrected chi connectivity index (χ0v) is 37.2. The maximum absolute atomic E-state index is 13.7. The van der Waals surface area contributed by atoms with Crippen LogP contribution >= 0.6 is 0 Å². The number of imide groups is 1. The Labute approximate surface area is 381 Å². The lowest BCUT2D eigenvalue weighted by Gasteiger charge is -2.19. The highest BCUT2D eigenvalue weighted by Crippen LogP contribution is 2.33. The molecule has 1 aliphatic heterocycles. The number of nitrogens with two attached hydrogens (primary N) is 2. The standard InChI is InChI=1S/C44H47N13O10/c1-6-57-30(18-24(2)51-57)41(63)49-43-47-28-20-26(39(45)61)22-31(65-5)37(28)55(43)14-7-8-15-56-38-29(48-44(56)50-42(64)33-19-25(3)52-67-33)21-27(40(46)62)23-32(38)66-17-9-13-53(4)34(58)12-16-54-35(59)10-11-36(54)60/h7-8,10-11,18-23H,6,9,12-17H2,1-5H3,(H2,45,61)(H2,46,62)(H,47,49,63)(H,48,50,64)/b8-7+. The summed E-state index contributed by atoms with van der Waals surface area (Å²) in [6.45, 7) is 6.14. The smallest absolute Gasteiger partial charge is 0.296 e. The molecule has 0 atom stereocenters. The second-order valence-corrected chi connectivity index (χ2v) is 15.3. The van der Waals surface area contributed by atoms with Crippen LogP contribution in [0, 0.1) is 13.8 Å². The monoisotopic (exact) mass is 917 g/mol. The summed E-state index contributed by atoms with van der Waals surface area (Å²) >= 11 is 0. The van der Waals surface area contributed by atoms with Gasteiger partial charge in [-0.1, -0.05) is 17.3 Å². The third kappa shape index (κ3) is 10.0. The molecule has 23 nitrogen and oxygen atoms in total. The zero-order chi connectivity index (χ0) is 48.1. The molecule has 0 saturated heterocycles. The summed E-state index contributed by atoms with van der Waals surface area (Å²) in [6, 6.07) is 9.00. The van der Waals surface area contributed by atoms with Crippen LogP contribution in [-0.2, 0) is 34.0 Å². The van der Waals surface area contributed by atoms with E-state index in [1.54, 1.807) is 52.9 Å². The summed E-state index contributed by atoms with van der Waals surface area (Å²) in [5.41, 5.74) is 14.4. The molecule has 0 unspecified atom stereocenters. The molecule has 0 bridgehead atoms. The van der Waals surface area contributed by atoms with E-state index in [0.717, 1.165) is 17.1 Å². The van der Waals surface area contributed by atoms with Crippen LogP contribution in [0.4, 0.5) is 11.9 Å². The van der Waals surface area contributed by atoms with Crippen molar-refractivity contribution >= 4 is 75.3 Å². The number of benzene rings is 2. The Morgan fingerprint density at radius 1 is 0.806 bits per heavy atom. The second kappa shape index (κ2) is 19.6. The molecule has 0 radical (unpaired) electrons. The number of amides is 7. The number of aromatic nitrogens is 7. The van der Waals surface area contributed by atoms with Crippen molar-refractivity contribution in [2.45, 2.75) is 53.2 Å². The fourth-order valence-electron chi connectivity index (χ4n) is 7.34. The first-order chi connectivity index (χ1) is 32.1. The van der Waals surface area contributed by atoms with E-state index in [2.05, 4.69) is 30.9 Å². The van der Waals surface area contributed by atoms with Gasteiger partial charge in [0.15, 0.2) is 0 Å². The number of fused-ring (bicyclic) bond motifs is 2. The predicted octanol–water partition coefficient (Wildman–Crippen LogP) is 2.72. The molecule has 1 aliphatic rings. The molecule has 6 aromatic rings. The number of carbonyl (C=O) groups excluding carboxylic acids is 7. The lowest BCUT2D eigenvalue weighted by atomic mass is 10.1. The van der Waals surface area contributed by atoms with Gasteiger partial charge >= 0.3 is 0 Å². The Kier molecular flexibility index (Phi) is 13.6. The maximum Gasteiger partial charge on any atom is 0.296 e. The van der Waals surface area contributed by atoms with Crippen molar-refractivity contribution in [2.75, 3.05) is 44.5 Å². The first kappa shape index (κ1) is 46.4. The highest BCUT2D eigenvalue weighted by Gasteiger charge is 2.26. The van der Waals surface area contributed by atoms with Crippen LogP contribution in [0.5, 0.6) is 11.5 Å². The van der Waals surface area contributed by atoms with E-state index < -0.39 is 35.4 Å². The average Bonchev–Trinajstić information content (AvgIpc) is 4.13. The molecule has 6 N–H and O–H groups in total. The van der Waals surface area contributed by atoms with Crippen molar-refractivity contribution in [3.63, 3.8) is 0 Å². The number of nitrogens with zero attached hydrogens (tertiary/aromatic N) is 9. The van der Waals surface area contributed by atoms with E-state index in [1.165, 1.54) is 42.3 Å². The quantitative estimate of drug-likeness (QED) is 0.0487. The number of carbonyl (C=O) groups is 7. The van der Waals surface area contributed by atoms with Gasteiger partial charge in [-0.05, 0) is 57.5 Å². The fourth-order valence-corrected chi connectivity index (χ4v) is 7.34. The van der Waals surface area contributed by atoms with E-state index in [0.29, 0.717) is 46.6 Å². The first-order valence-corrected chi connectivity index (χ1v) is 20.9. The van der Waals surface area contributed by atoms with Gasteiger partial charge in [0.2, 0.25) is 35.4 Å². The third-order valence-corrected chi connectivity index (χ3v) is 10.7. The number of anilines is 2. The van der Waals surface area contributed by atoms with Crippen LogP contribution < -0.4 is 31.6 Å². The van der Waals surface area contributed by atoms with Crippen LogP contribution in [0.1, 0.15) is 72.9 Å². The lowest BCUT2D eigenvalue weighted by Crippen LogP contribution is -2.36. The largest absolute Gasteiger partial charge is 0.494 e. The third-order valence-electron chi connectivity index (χ3n) is 10.7. The molecule has 67 heavy (non-hydrogen) atoms.